The van der Waals surface area contributed by atoms with Crippen LogP contribution in [0.1, 0.15) is 41.4 Å². The van der Waals surface area contributed by atoms with Crippen molar-refractivity contribution in [3.63, 3.8) is 0 Å². The highest BCUT2D eigenvalue weighted by Crippen LogP contribution is 2.30. The van der Waals surface area contributed by atoms with Gasteiger partial charge in [-0.3, -0.25) is 0 Å². The number of aromatic nitrogens is 4. The van der Waals surface area contributed by atoms with Crippen LogP contribution in [0.3, 0.4) is 0 Å². The van der Waals surface area contributed by atoms with Gasteiger partial charge in [0.05, 0.1) is 12.8 Å². The van der Waals surface area contributed by atoms with Crippen LogP contribution in [0, 0.1) is 6.92 Å². The molecule has 0 amide bonds. The van der Waals surface area contributed by atoms with Gasteiger partial charge in [-0.1, -0.05) is 29.8 Å². The molecule has 3 aromatic rings. The van der Waals surface area contributed by atoms with E-state index in [1.165, 1.54) is 24.3 Å². The summed E-state index contributed by atoms with van der Waals surface area (Å²) in [5.74, 6) is -0.587. The van der Waals surface area contributed by atoms with Gasteiger partial charge in [-0.05, 0) is 60.5 Å². The first-order valence-corrected chi connectivity index (χ1v) is 10.4. The van der Waals surface area contributed by atoms with E-state index in [9.17, 15) is 13.2 Å². The third-order valence-corrected chi connectivity index (χ3v) is 5.68. The molecule has 4 rings (SSSR count). The van der Waals surface area contributed by atoms with E-state index in [2.05, 4.69) is 57.3 Å². The van der Waals surface area contributed by atoms with Gasteiger partial charge in [0.1, 0.15) is 5.75 Å². The predicted octanol–water partition coefficient (Wildman–Crippen LogP) is 3.58. The fourth-order valence-corrected chi connectivity index (χ4v) is 4.05. The maximum atomic E-state index is 13.2. The number of alkyl halides is 3. The molecule has 32 heavy (non-hydrogen) atoms. The van der Waals surface area contributed by atoms with E-state index in [-0.39, 0.29) is 17.8 Å². The zero-order chi connectivity index (χ0) is 22.7. The highest BCUT2D eigenvalue weighted by atomic mass is 19.4. The highest BCUT2D eigenvalue weighted by Gasteiger charge is 2.38. The van der Waals surface area contributed by atoms with Gasteiger partial charge in [-0.15, -0.1) is 5.10 Å². The number of aryl methyl sites for hydroxylation is 1. The number of tetrazole rings is 1. The second kappa shape index (κ2) is 9.25. The van der Waals surface area contributed by atoms with Crippen molar-refractivity contribution in [2.24, 2.45) is 0 Å². The molecule has 1 fully saturated rings. The SMILES string of the molecule is COc1ccc(-n2nnnc2C(F)(F)F)cc1CN[C@@H]1CCCN[C@@H]1c1ccc(C)cc1. The van der Waals surface area contributed by atoms with Crippen LogP contribution >= 0.6 is 0 Å². The Morgan fingerprint density at radius 3 is 2.69 bits per heavy atom. The average Bonchev–Trinajstić information content (AvgIpc) is 3.29. The Labute approximate surface area is 184 Å². The van der Waals surface area contributed by atoms with Crippen LogP contribution in [-0.2, 0) is 12.7 Å². The summed E-state index contributed by atoms with van der Waals surface area (Å²) in [6, 6.07) is 13.5. The Balaban J connectivity index is 1.56. The smallest absolute Gasteiger partial charge is 0.453 e. The van der Waals surface area contributed by atoms with Gasteiger partial charge in [-0.2, -0.15) is 17.9 Å². The van der Waals surface area contributed by atoms with Crippen LogP contribution in [0.15, 0.2) is 42.5 Å². The van der Waals surface area contributed by atoms with Crippen LogP contribution in [-0.4, -0.2) is 39.9 Å². The number of hydrogen-bond acceptors (Lipinski definition) is 6. The van der Waals surface area contributed by atoms with Gasteiger partial charge in [-0.25, -0.2) is 0 Å². The van der Waals surface area contributed by atoms with Gasteiger partial charge in [0.15, 0.2) is 0 Å². The van der Waals surface area contributed by atoms with Crippen molar-refractivity contribution >= 4 is 0 Å². The first-order chi connectivity index (χ1) is 15.4. The molecule has 0 saturated carbocycles. The lowest BCUT2D eigenvalue weighted by Crippen LogP contribution is -2.45. The maximum absolute atomic E-state index is 13.2. The first kappa shape index (κ1) is 22.2. The Kier molecular flexibility index (Phi) is 6.43. The van der Waals surface area contributed by atoms with Crippen molar-refractivity contribution in [3.05, 3.63) is 65.0 Å². The van der Waals surface area contributed by atoms with E-state index in [0.717, 1.165) is 24.9 Å². The minimum atomic E-state index is -4.66. The summed E-state index contributed by atoms with van der Waals surface area (Å²) < 4.78 is 45.8. The number of nitrogens with zero attached hydrogens (tertiary/aromatic N) is 4. The molecule has 2 atom stereocenters. The molecule has 0 radical (unpaired) electrons. The van der Waals surface area contributed by atoms with E-state index in [1.54, 1.807) is 12.1 Å². The number of methoxy groups -OCH3 is 1. The van der Waals surface area contributed by atoms with E-state index < -0.39 is 12.0 Å². The highest BCUT2D eigenvalue weighted by molar-refractivity contribution is 5.44. The fourth-order valence-electron chi connectivity index (χ4n) is 4.05. The summed E-state index contributed by atoms with van der Waals surface area (Å²) >= 11 is 0. The van der Waals surface area contributed by atoms with E-state index >= 15 is 0 Å². The lowest BCUT2D eigenvalue weighted by Gasteiger charge is -2.34. The van der Waals surface area contributed by atoms with Crippen molar-refractivity contribution in [2.75, 3.05) is 13.7 Å². The number of ether oxygens (including phenoxy) is 1. The molecule has 2 N–H and O–H groups in total. The molecular weight excluding hydrogens is 421 g/mol. The fraction of sp³-hybridized carbons (Fsp3) is 0.409. The van der Waals surface area contributed by atoms with Gasteiger partial charge >= 0.3 is 6.18 Å². The molecule has 2 aromatic carbocycles. The van der Waals surface area contributed by atoms with E-state index in [1.807, 2.05) is 0 Å². The molecule has 1 aromatic heterocycles. The second-order valence-corrected chi connectivity index (χ2v) is 7.88. The molecule has 1 aliphatic heterocycles. The van der Waals surface area contributed by atoms with Crippen LogP contribution in [0.2, 0.25) is 0 Å². The molecule has 1 aliphatic rings. The largest absolute Gasteiger partial charge is 0.496 e. The normalized spacial score (nSPS) is 19.2. The summed E-state index contributed by atoms with van der Waals surface area (Å²) in [5.41, 5.74) is 3.35. The lowest BCUT2D eigenvalue weighted by molar-refractivity contribution is -0.146. The van der Waals surface area contributed by atoms with Crippen molar-refractivity contribution in [2.45, 2.75) is 44.6 Å². The Morgan fingerprint density at radius 1 is 1.19 bits per heavy atom. The first-order valence-electron chi connectivity index (χ1n) is 10.4. The average molecular weight is 446 g/mol. The summed E-state index contributed by atoms with van der Waals surface area (Å²) in [4.78, 5) is 0. The minimum Gasteiger partial charge on any atom is -0.496 e. The topological polar surface area (TPSA) is 76.9 Å². The molecule has 1 saturated heterocycles. The third-order valence-electron chi connectivity index (χ3n) is 5.68. The third kappa shape index (κ3) is 4.76. The van der Waals surface area contributed by atoms with Gasteiger partial charge in [0, 0.05) is 24.2 Å². The van der Waals surface area contributed by atoms with Crippen molar-refractivity contribution in [3.8, 4) is 11.4 Å². The Bertz CT molecular complexity index is 1050. The monoisotopic (exact) mass is 446 g/mol. The van der Waals surface area contributed by atoms with Gasteiger partial charge in [0.2, 0.25) is 0 Å². The Hall–Kier alpha value is -2.98. The standard InChI is InChI=1S/C22H25F3N6O/c1-14-5-7-15(8-6-14)20-18(4-3-11-26-20)27-13-16-12-17(9-10-19(16)32-2)31-21(22(23,24)25)28-29-30-31/h5-10,12,18,20,26-27H,3-4,11,13H2,1-2H3/t18-,20-/m1/s1. The summed E-state index contributed by atoms with van der Waals surface area (Å²) in [5, 5.41) is 17.0. The van der Waals surface area contributed by atoms with Crippen LogP contribution in [0.4, 0.5) is 13.2 Å². The van der Waals surface area contributed by atoms with Crippen LogP contribution in [0.5, 0.6) is 5.75 Å². The number of nitrogens with one attached hydrogen (secondary N) is 2. The number of piperidine rings is 1. The molecule has 0 bridgehead atoms. The molecule has 10 heteroatoms. The van der Waals surface area contributed by atoms with Crippen LogP contribution in [0.25, 0.3) is 5.69 Å². The quantitative estimate of drug-likeness (QED) is 0.603. The second-order valence-electron chi connectivity index (χ2n) is 7.88. The number of hydrogen-bond donors (Lipinski definition) is 2. The zero-order valence-corrected chi connectivity index (χ0v) is 17.9. The Morgan fingerprint density at radius 2 is 1.97 bits per heavy atom. The summed E-state index contributed by atoms with van der Waals surface area (Å²) in [6.07, 6.45) is -2.63. The molecule has 2 heterocycles. The molecule has 7 nitrogen and oxygen atoms in total. The zero-order valence-electron chi connectivity index (χ0n) is 17.9. The van der Waals surface area contributed by atoms with Crippen LogP contribution < -0.4 is 15.4 Å². The maximum Gasteiger partial charge on any atom is 0.453 e. The van der Waals surface area contributed by atoms with Gasteiger partial charge < -0.3 is 15.4 Å². The summed E-state index contributed by atoms with van der Waals surface area (Å²) in [7, 11) is 1.54. The minimum absolute atomic E-state index is 0.148. The molecule has 0 unspecified atom stereocenters. The number of benzene rings is 2. The van der Waals surface area contributed by atoms with Gasteiger partial charge in [0.25, 0.3) is 5.82 Å². The number of rotatable bonds is 6. The molecule has 0 aliphatic carbocycles. The van der Waals surface area contributed by atoms with Crippen molar-refractivity contribution < 1.29 is 17.9 Å². The molecule has 0 spiro atoms. The predicted molar refractivity (Wildman–Crippen MR) is 112 cm³/mol. The summed E-state index contributed by atoms with van der Waals surface area (Å²) in [6.45, 7) is 3.42. The van der Waals surface area contributed by atoms with Crippen molar-refractivity contribution in [1.29, 1.82) is 0 Å². The van der Waals surface area contributed by atoms with E-state index in [0.29, 0.717) is 17.0 Å². The lowest BCUT2D eigenvalue weighted by atomic mass is 9.91. The number of halogens is 3. The van der Waals surface area contributed by atoms with Crippen molar-refractivity contribution in [1.82, 2.24) is 30.8 Å². The molecular formula is C22H25F3N6O. The molecule has 170 valence electrons. The van der Waals surface area contributed by atoms with E-state index in [4.69, 9.17) is 4.74 Å².